The summed E-state index contributed by atoms with van der Waals surface area (Å²) in [6.45, 7) is 2.28. The number of hydrogen-bond donors (Lipinski definition) is 0. The van der Waals surface area contributed by atoms with Crippen molar-refractivity contribution in [3.05, 3.63) is 108 Å². The number of fused-ring (bicyclic) bond motifs is 3. The number of halogens is 1. The Labute approximate surface area is 203 Å². The van der Waals surface area contributed by atoms with Crippen molar-refractivity contribution in [2.45, 2.75) is 25.8 Å². The van der Waals surface area contributed by atoms with Crippen LogP contribution in [-0.4, -0.2) is 34.4 Å². The van der Waals surface area contributed by atoms with Gasteiger partial charge in [0, 0.05) is 18.3 Å². The Bertz CT molecular complexity index is 1350. The van der Waals surface area contributed by atoms with Gasteiger partial charge in [0.1, 0.15) is 24.2 Å². The van der Waals surface area contributed by atoms with E-state index in [2.05, 4.69) is 4.57 Å². The Morgan fingerprint density at radius 2 is 1.83 bits per heavy atom. The number of rotatable bonds is 7. The van der Waals surface area contributed by atoms with Gasteiger partial charge in [-0.15, -0.1) is 0 Å². The van der Waals surface area contributed by atoms with Gasteiger partial charge >= 0.3 is 0 Å². The minimum atomic E-state index is -0.486. The van der Waals surface area contributed by atoms with E-state index < -0.39 is 11.9 Å². The van der Waals surface area contributed by atoms with Crippen LogP contribution in [0.4, 0.5) is 10.1 Å². The van der Waals surface area contributed by atoms with Gasteiger partial charge in [-0.3, -0.25) is 14.5 Å². The van der Waals surface area contributed by atoms with Crippen molar-refractivity contribution in [2.24, 2.45) is 0 Å². The number of anilines is 1. The third-order valence-corrected chi connectivity index (χ3v) is 6.27. The number of nitrogens with zero attached hydrogens (tertiary/aromatic N) is 3. The van der Waals surface area contributed by atoms with Crippen molar-refractivity contribution >= 4 is 17.5 Å². The lowest BCUT2D eigenvalue weighted by molar-refractivity contribution is -0.119. The summed E-state index contributed by atoms with van der Waals surface area (Å²) in [5.41, 5.74) is 2.73. The first-order chi connectivity index (χ1) is 17.1. The number of carbonyl (C=O) groups is 2. The highest BCUT2D eigenvalue weighted by Gasteiger charge is 2.38. The van der Waals surface area contributed by atoms with Crippen LogP contribution in [0.3, 0.4) is 0 Å². The predicted octanol–water partition coefficient (Wildman–Crippen LogP) is 5.59. The van der Waals surface area contributed by atoms with Gasteiger partial charge in [-0.25, -0.2) is 4.39 Å². The average Bonchev–Trinajstić information content (AvgIpc) is 3.58. The first-order valence-electron chi connectivity index (χ1n) is 11.8. The molecule has 2 aromatic heterocycles. The molecule has 7 heteroatoms. The van der Waals surface area contributed by atoms with Gasteiger partial charge < -0.3 is 13.9 Å². The summed E-state index contributed by atoms with van der Waals surface area (Å²) in [4.78, 5) is 30.5. The summed E-state index contributed by atoms with van der Waals surface area (Å²) >= 11 is 0. The monoisotopic (exact) mass is 471 g/mol. The Hall–Kier alpha value is -4.13. The number of furan rings is 1. The molecule has 0 fully saturated rings. The molecule has 2 amide bonds. The standard InChI is InChI=1S/C28H26FN3O3/c1-2-3-15-30(28(34)20-9-6-10-21(29)18-20)19-26(33)32-23-12-5-4-11-22(23)31-16-7-13-24(31)27(32)25-14-8-17-35-25/h4-14,16-18,27H,2-3,15,19H2,1H3. The molecule has 1 aliphatic rings. The Morgan fingerprint density at radius 1 is 1.00 bits per heavy atom. The van der Waals surface area contributed by atoms with Gasteiger partial charge in [-0.05, 0) is 61.0 Å². The molecule has 0 radical (unpaired) electrons. The summed E-state index contributed by atoms with van der Waals surface area (Å²) in [5, 5.41) is 0. The fraction of sp³-hybridized carbons (Fsp3) is 0.214. The highest BCUT2D eigenvalue weighted by atomic mass is 19.1. The summed E-state index contributed by atoms with van der Waals surface area (Å²) in [5.74, 6) is -0.465. The molecule has 2 aromatic carbocycles. The Morgan fingerprint density at radius 3 is 2.57 bits per heavy atom. The summed E-state index contributed by atoms with van der Waals surface area (Å²) in [6.07, 6.45) is 5.14. The zero-order chi connectivity index (χ0) is 24.4. The topological polar surface area (TPSA) is 58.7 Å². The molecule has 0 bridgehead atoms. The number of unbranched alkanes of at least 4 members (excludes halogenated alkanes) is 1. The van der Waals surface area contributed by atoms with Crippen LogP contribution in [0.25, 0.3) is 5.69 Å². The number of amides is 2. The van der Waals surface area contributed by atoms with Crippen LogP contribution in [0, 0.1) is 5.82 Å². The van der Waals surface area contributed by atoms with Crippen molar-refractivity contribution in [2.75, 3.05) is 18.0 Å². The summed E-state index contributed by atoms with van der Waals surface area (Å²) in [6, 6.07) is 20.3. The third-order valence-electron chi connectivity index (χ3n) is 6.27. The van der Waals surface area contributed by atoms with Crippen molar-refractivity contribution in [1.29, 1.82) is 0 Å². The van der Waals surface area contributed by atoms with Crippen LogP contribution in [0.2, 0.25) is 0 Å². The van der Waals surface area contributed by atoms with Crippen LogP contribution in [0.15, 0.2) is 89.7 Å². The molecule has 0 spiro atoms. The molecule has 178 valence electrons. The average molecular weight is 472 g/mol. The second kappa shape index (κ2) is 9.62. The number of para-hydroxylation sites is 2. The van der Waals surface area contributed by atoms with Crippen molar-refractivity contribution in [3.8, 4) is 5.69 Å². The van der Waals surface area contributed by atoms with E-state index >= 15 is 0 Å². The molecule has 1 atom stereocenters. The third kappa shape index (κ3) is 4.25. The molecular weight excluding hydrogens is 445 g/mol. The maximum Gasteiger partial charge on any atom is 0.254 e. The maximum atomic E-state index is 14.0. The lowest BCUT2D eigenvalue weighted by Crippen LogP contribution is -2.47. The van der Waals surface area contributed by atoms with Gasteiger partial charge in [0.05, 0.1) is 23.3 Å². The van der Waals surface area contributed by atoms with Crippen molar-refractivity contribution in [1.82, 2.24) is 9.47 Å². The van der Waals surface area contributed by atoms with Crippen LogP contribution in [0.5, 0.6) is 0 Å². The highest BCUT2D eigenvalue weighted by Crippen LogP contribution is 2.42. The van der Waals surface area contributed by atoms with E-state index in [-0.39, 0.29) is 23.9 Å². The lowest BCUT2D eigenvalue weighted by Gasteiger charge is -2.38. The Kier molecular flexibility index (Phi) is 6.23. The molecule has 3 heterocycles. The van der Waals surface area contributed by atoms with E-state index in [9.17, 15) is 14.0 Å². The molecule has 0 N–H and O–H groups in total. The van der Waals surface area contributed by atoms with E-state index in [0.717, 1.165) is 29.9 Å². The van der Waals surface area contributed by atoms with E-state index in [1.165, 1.54) is 23.1 Å². The first kappa shape index (κ1) is 22.7. The molecule has 5 rings (SSSR count). The van der Waals surface area contributed by atoms with Gasteiger partial charge in [-0.2, -0.15) is 0 Å². The van der Waals surface area contributed by atoms with Gasteiger partial charge in [0.15, 0.2) is 0 Å². The van der Waals surface area contributed by atoms with Gasteiger partial charge in [0.25, 0.3) is 5.91 Å². The zero-order valence-corrected chi connectivity index (χ0v) is 19.4. The molecule has 35 heavy (non-hydrogen) atoms. The van der Waals surface area contributed by atoms with Crippen molar-refractivity contribution < 1.29 is 18.4 Å². The smallest absolute Gasteiger partial charge is 0.254 e. The van der Waals surface area contributed by atoms with E-state index in [0.29, 0.717) is 12.3 Å². The van der Waals surface area contributed by atoms with Gasteiger partial charge in [-0.1, -0.05) is 31.5 Å². The van der Waals surface area contributed by atoms with E-state index in [1.54, 1.807) is 23.3 Å². The highest BCUT2D eigenvalue weighted by molar-refractivity contribution is 6.02. The van der Waals surface area contributed by atoms with E-state index in [1.807, 2.05) is 55.6 Å². The molecule has 1 aliphatic heterocycles. The fourth-order valence-electron chi connectivity index (χ4n) is 4.62. The Balaban J connectivity index is 1.53. The maximum absolute atomic E-state index is 14.0. The summed E-state index contributed by atoms with van der Waals surface area (Å²) in [7, 11) is 0. The van der Waals surface area contributed by atoms with Crippen LogP contribution in [0.1, 0.15) is 47.6 Å². The van der Waals surface area contributed by atoms with Crippen LogP contribution < -0.4 is 4.90 Å². The molecule has 0 saturated carbocycles. The number of hydrogen-bond acceptors (Lipinski definition) is 3. The molecule has 1 unspecified atom stereocenters. The first-order valence-corrected chi connectivity index (χ1v) is 11.8. The lowest BCUT2D eigenvalue weighted by atomic mass is 10.0. The molecular formula is C28H26FN3O3. The number of benzene rings is 2. The number of carbonyl (C=O) groups excluding carboxylic acids is 2. The SMILES string of the molecule is CCCCN(CC(=O)N1c2ccccc2-n2cccc2C1c1ccco1)C(=O)c1cccc(F)c1. The predicted molar refractivity (Wildman–Crippen MR) is 131 cm³/mol. The number of aromatic nitrogens is 1. The van der Waals surface area contributed by atoms with Gasteiger partial charge in [0.2, 0.25) is 5.91 Å². The largest absolute Gasteiger partial charge is 0.467 e. The van der Waals surface area contributed by atoms with Crippen LogP contribution in [-0.2, 0) is 4.79 Å². The second-order valence-corrected chi connectivity index (χ2v) is 8.56. The van der Waals surface area contributed by atoms with Crippen LogP contribution >= 0.6 is 0 Å². The second-order valence-electron chi connectivity index (χ2n) is 8.56. The molecule has 4 aromatic rings. The van der Waals surface area contributed by atoms with E-state index in [4.69, 9.17) is 4.42 Å². The molecule has 6 nitrogen and oxygen atoms in total. The molecule has 0 saturated heterocycles. The minimum Gasteiger partial charge on any atom is -0.467 e. The molecule has 0 aliphatic carbocycles. The zero-order valence-electron chi connectivity index (χ0n) is 19.4. The quantitative estimate of drug-likeness (QED) is 0.353. The van der Waals surface area contributed by atoms with Crippen molar-refractivity contribution in [3.63, 3.8) is 0 Å². The summed E-state index contributed by atoms with van der Waals surface area (Å²) < 4.78 is 21.6. The fourth-order valence-corrected chi connectivity index (χ4v) is 4.62. The normalized spacial score (nSPS) is 14.3. The minimum absolute atomic E-state index is 0.137.